The summed E-state index contributed by atoms with van der Waals surface area (Å²) in [6.07, 6.45) is 1.66. The van der Waals surface area contributed by atoms with Crippen molar-refractivity contribution in [3.05, 3.63) is 81.3 Å². The molecule has 0 fully saturated rings. The standard InChI is InChI=1S/C21H20ClFN6O2/c1-12-19(22)13(2)29(25-12)11-16-14(3)31-27-20(16)21(30)24-18-8-9-28(26-18)10-15-6-4-5-7-17(15)23/h4-9H,10-11H2,1-3H3,(H,24,26,30). The number of rotatable bonds is 6. The predicted octanol–water partition coefficient (Wildman–Crippen LogP) is 4.13. The number of benzene rings is 1. The van der Waals surface area contributed by atoms with Gasteiger partial charge in [-0.25, -0.2) is 4.39 Å². The lowest BCUT2D eigenvalue weighted by atomic mass is 10.2. The van der Waals surface area contributed by atoms with Crippen molar-refractivity contribution in [1.29, 1.82) is 0 Å². The van der Waals surface area contributed by atoms with Gasteiger partial charge in [0.1, 0.15) is 11.6 Å². The number of aromatic nitrogens is 5. The quantitative estimate of drug-likeness (QED) is 0.484. The molecule has 8 nitrogen and oxygen atoms in total. The molecular formula is C21H20ClFN6O2. The molecule has 1 amide bonds. The van der Waals surface area contributed by atoms with Crippen molar-refractivity contribution in [2.24, 2.45) is 0 Å². The average Bonchev–Trinajstić information content (AvgIpc) is 3.40. The van der Waals surface area contributed by atoms with Crippen molar-refractivity contribution in [2.45, 2.75) is 33.9 Å². The Morgan fingerprint density at radius 3 is 2.65 bits per heavy atom. The summed E-state index contributed by atoms with van der Waals surface area (Å²) in [5, 5.41) is 15.9. The maximum atomic E-state index is 13.8. The van der Waals surface area contributed by atoms with E-state index in [0.29, 0.717) is 40.0 Å². The van der Waals surface area contributed by atoms with E-state index in [0.717, 1.165) is 5.69 Å². The highest BCUT2D eigenvalue weighted by atomic mass is 35.5. The van der Waals surface area contributed by atoms with E-state index in [4.69, 9.17) is 16.1 Å². The van der Waals surface area contributed by atoms with Crippen LogP contribution in [-0.2, 0) is 13.1 Å². The minimum Gasteiger partial charge on any atom is -0.361 e. The third-order valence-corrected chi connectivity index (χ3v) is 5.52. The van der Waals surface area contributed by atoms with Crippen LogP contribution in [0.15, 0.2) is 41.1 Å². The van der Waals surface area contributed by atoms with Crippen LogP contribution in [0.1, 0.15) is 38.8 Å². The Labute approximate surface area is 182 Å². The van der Waals surface area contributed by atoms with E-state index >= 15 is 0 Å². The number of carbonyl (C=O) groups excluding carboxylic acids is 1. The van der Waals surface area contributed by atoms with Gasteiger partial charge in [0.05, 0.1) is 29.5 Å². The van der Waals surface area contributed by atoms with E-state index in [2.05, 4.69) is 20.7 Å². The Balaban J connectivity index is 1.50. The first-order valence-electron chi connectivity index (χ1n) is 9.56. The summed E-state index contributed by atoms with van der Waals surface area (Å²) in [6.45, 7) is 5.94. The molecule has 0 saturated carbocycles. The molecule has 3 heterocycles. The number of halogens is 2. The van der Waals surface area contributed by atoms with E-state index in [9.17, 15) is 9.18 Å². The Hall–Kier alpha value is -3.46. The molecule has 0 radical (unpaired) electrons. The molecule has 0 bridgehead atoms. The zero-order valence-corrected chi connectivity index (χ0v) is 17.9. The van der Waals surface area contributed by atoms with Crippen LogP contribution in [-0.4, -0.2) is 30.6 Å². The monoisotopic (exact) mass is 442 g/mol. The summed E-state index contributed by atoms with van der Waals surface area (Å²) < 4.78 is 22.3. The molecule has 4 aromatic rings. The SMILES string of the molecule is Cc1nn(Cc2c(C(=O)Nc3ccn(Cc4ccccc4F)n3)noc2C)c(C)c1Cl. The van der Waals surface area contributed by atoms with Crippen molar-refractivity contribution in [3.63, 3.8) is 0 Å². The second-order valence-corrected chi connectivity index (χ2v) is 7.53. The summed E-state index contributed by atoms with van der Waals surface area (Å²) >= 11 is 6.22. The van der Waals surface area contributed by atoms with Crippen molar-refractivity contribution >= 4 is 23.3 Å². The molecule has 160 valence electrons. The first kappa shape index (κ1) is 20.8. The fraction of sp³-hybridized carbons (Fsp3) is 0.238. The normalized spacial score (nSPS) is 11.1. The minimum atomic E-state index is -0.462. The van der Waals surface area contributed by atoms with E-state index in [1.807, 2.05) is 13.8 Å². The van der Waals surface area contributed by atoms with Gasteiger partial charge >= 0.3 is 0 Å². The van der Waals surface area contributed by atoms with Crippen LogP contribution >= 0.6 is 11.6 Å². The van der Waals surface area contributed by atoms with Crippen LogP contribution in [0.3, 0.4) is 0 Å². The van der Waals surface area contributed by atoms with Crippen molar-refractivity contribution < 1.29 is 13.7 Å². The molecule has 0 aliphatic rings. The third-order valence-electron chi connectivity index (χ3n) is 4.97. The van der Waals surface area contributed by atoms with Crippen molar-refractivity contribution in [2.75, 3.05) is 5.32 Å². The first-order valence-corrected chi connectivity index (χ1v) is 9.94. The Kier molecular flexibility index (Phi) is 5.60. The molecule has 0 unspecified atom stereocenters. The number of hydrogen-bond donors (Lipinski definition) is 1. The number of aryl methyl sites for hydroxylation is 2. The molecule has 0 spiro atoms. The fourth-order valence-corrected chi connectivity index (χ4v) is 3.36. The van der Waals surface area contributed by atoms with Gasteiger partial charge in [0.2, 0.25) is 0 Å². The van der Waals surface area contributed by atoms with E-state index < -0.39 is 5.91 Å². The van der Waals surface area contributed by atoms with Gasteiger partial charge in [0, 0.05) is 23.4 Å². The Morgan fingerprint density at radius 1 is 1.16 bits per heavy atom. The summed E-state index contributed by atoms with van der Waals surface area (Å²) in [4.78, 5) is 12.8. The van der Waals surface area contributed by atoms with Crippen LogP contribution in [0.5, 0.6) is 0 Å². The summed E-state index contributed by atoms with van der Waals surface area (Å²) in [5.41, 5.74) is 2.74. The third kappa shape index (κ3) is 4.22. The maximum absolute atomic E-state index is 13.8. The van der Waals surface area contributed by atoms with Gasteiger partial charge in [-0.2, -0.15) is 10.2 Å². The van der Waals surface area contributed by atoms with Gasteiger partial charge in [0.15, 0.2) is 11.5 Å². The maximum Gasteiger partial charge on any atom is 0.279 e. The zero-order chi connectivity index (χ0) is 22.1. The van der Waals surface area contributed by atoms with Crippen LogP contribution in [0.25, 0.3) is 0 Å². The van der Waals surface area contributed by atoms with Crippen LogP contribution in [0.4, 0.5) is 10.2 Å². The zero-order valence-electron chi connectivity index (χ0n) is 17.2. The lowest BCUT2D eigenvalue weighted by Crippen LogP contribution is -2.17. The summed E-state index contributed by atoms with van der Waals surface area (Å²) in [6, 6.07) is 8.10. The lowest BCUT2D eigenvalue weighted by molar-refractivity contribution is 0.101. The van der Waals surface area contributed by atoms with Gasteiger partial charge in [-0.1, -0.05) is 35.0 Å². The van der Waals surface area contributed by atoms with E-state index in [1.165, 1.54) is 6.07 Å². The second-order valence-electron chi connectivity index (χ2n) is 7.15. The first-order chi connectivity index (χ1) is 14.8. The Bertz CT molecular complexity index is 1260. The molecule has 0 aliphatic heterocycles. The molecular weight excluding hydrogens is 423 g/mol. The van der Waals surface area contributed by atoms with E-state index in [1.54, 1.807) is 46.7 Å². The highest BCUT2D eigenvalue weighted by Gasteiger charge is 2.22. The number of nitrogens with zero attached hydrogens (tertiary/aromatic N) is 5. The number of hydrogen-bond acceptors (Lipinski definition) is 5. The van der Waals surface area contributed by atoms with Gasteiger partial charge in [0.25, 0.3) is 5.91 Å². The van der Waals surface area contributed by atoms with Crippen molar-refractivity contribution in [1.82, 2.24) is 24.7 Å². The largest absolute Gasteiger partial charge is 0.361 e. The summed E-state index contributed by atoms with van der Waals surface area (Å²) in [7, 11) is 0. The molecule has 31 heavy (non-hydrogen) atoms. The predicted molar refractivity (Wildman–Crippen MR) is 113 cm³/mol. The number of nitrogens with one attached hydrogen (secondary N) is 1. The molecule has 0 atom stereocenters. The topological polar surface area (TPSA) is 90.8 Å². The fourth-order valence-electron chi connectivity index (χ4n) is 3.23. The number of amides is 1. The molecule has 3 aromatic heterocycles. The minimum absolute atomic E-state index is 0.143. The lowest BCUT2D eigenvalue weighted by Gasteiger charge is -2.06. The molecule has 0 saturated heterocycles. The molecule has 4 rings (SSSR count). The van der Waals surface area contributed by atoms with Gasteiger partial charge < -0.3 is 9.84 Å². The van der Waals surface area contributed by atoms with Crippen molar-refractivity contribution in [3.8, 4) is 0 Å². The molecule has 1 aromatic carbocycles. The van der Waals surface area contributed by atoms with Gasteiger partial charge in [-0.3, -0.25) is 14.2 Å². The Morgan fingerprint density at radius 2 is 1.94 bits per heavy atom. The summed E-state index contributed by atoms with van der Waals surface area (Å²) in [5.74, 6) is 0.0622. The van der Waals surface area contributed by atoms with Gasteiger partial charge in [-0.05, 0) is 26.8 Å². The average molecular weight is 443 g/mol. The van der Waals surface area contributed by atoms with E-state index in [-0.39, 0.29) is 18.1 Å². The smallest absolute Gasteiger partial charge is 0.279 e. The second kappa shape index (κ2) is 8.35. The highest BCUT2D eigenvalue weighted by Crippen LogP contribution is 2.22. The molecule has 10 heteroatoms. The molecule has 0 aliphatic carbocycles. The van der Waals surface area contributed by atoms with Crippen LogP contribution in [0, 0.1) is 26.6 Å². The van der Waals surface area contributed by atoms with Crippen LogP contribution < -0.4 is 5.32 Å². The van der Waals surface area contributed by atoms with Crippen LogP contribution in [0.2, 0.25) is 5.02 Å². The highest BCUT2D eigenvalue weighted by molar-refractivity contribution is 6.31. The van der Waals surface area contributed by atoms with Gasteiger partial charge in [-0.15, -0.1) is 0 Å². The number of carbonyl (C=O) groups is 1. The molecule has 1 N–H and O–H groups in total. The number of anilines is 1.